The Hall–Kier alpha value is -1.54. The molecule has 1 N–H and O–H groups in total. The zero-order chi connectivity index (χ0) is 11.3. The number of fused-ring (bicyclic) bond motifs is 1. The number of hydrogen-bond donors (Lipinski definition) is 1. The average molecular weight is 224 g/mol. The van der Waals surface area contributed by atoms with E-state index in [0.717, 1.165) is 0 Å². The van der Waals surface area contributed by atoms with Crippen LogP contribution < -0.4 is 10.2 Å². The van der Waals surface area contributed by atoms with Gasteiger partial charge in [-0.25, -0.2) is 0 Å². The van der Waals surface area contributed by atoms with E-state index in [9.17, 15) is 0 Å². The Morgan fingerprint density at radius 2 is 1.71 bits per heavy atom. The third kappa shape index (κ3) is 1.31. The quantitative estimate of drug-likeness (QED) is 0.799. The van der Waals surface area contributed by atoms with Gasteiger partial charge in [0.2, 0.25) is 0 Å². The summed E-state index contributed by atoms with van der Waals surface area (Å²) in [6, 6.07) is 15.3. The lowest BCUT2D eigenvalue weighted by atomic mass is 9.74. The van der Waals surface area contributed by atoms with Crippen LogP contribution in [0.3, 0.4) is 0 Å². The Balaban J connectivity index is 1.72. The van der Waals surface area contributed by atoms with E-state index in [-0.39, 0.29) is 0 Å². The Morgan fingerprint density at radius 3 is 2.47 bits per heavy atom. The molecular formula is C15H16N2. The van der Waals surface area contributed by atoms with Gasteiger partial charge < -0.3 is 10.2 Å². The highest BCUT2D eigenvalue weighted by Crippen LogP contribution is 2.39. The molecule has 17 heavy (non-hydrogen) atoms. The lowest BCUT2D eigenvalue weighted by molar-refractivity contribution is 0.121. The first-order valence-electron chi connectivity index (χ1n) is 6.30. The Labute approximate surface area is 101 Å². The molecule has 0 unspecified atom stereocenters. The smallest absolute Gasteiger partial charge is 0.0446 e. The van der Waals surface area contributed by atoms with Crippen molar-refractivity contribution in [2.45, 2.75) is 0 Å². The lowest BCUT2D eigenvalue weighted by Crippen LogP contribution is -2.71. The minimum atomic E-state index is 0.594. The maximum atomic E-state index is 3.39. The number of nitrogens with one attached hydrogen (secondary N) is 1. The van der Waals surface area contributed by atoms with Crippen molar-refractivity contribution in [3.05, 3.63) is 42.5 Å². The molecule has 2 aromatic rings. The van der Waals surface area contributed by atoms with Crippen LogP contribution in [0.15, 0.2) is 42.5 Å². The maximum Gasteiger partial charge on any atom is 0.0446 e. The Bertz CT molecular complexity index is 559. The second-order valence-electron chi connectivity index (χ2n) is 5.46. The molecule has 1 spiro atoms. The summed E-state index contributed by atoms with van der Waals surface area (Å²) in [5.41, 5.74) is 2.00. The van der Waals surface area contributed by atoms with Gasteiger partial charge >= 0.3 is 0 Å². The molecule has 0 amide bonds. The number of nitrogens with zero attached hydrogens (tertiary/aromatic N) is 1. The van der Waals surface area contributed by atoms with Crippen molar-refractivity contribution < 1.29 is 0 Å². The van der Waals surface area contributed by atoms with E-state index < -0.39 is 0 Å². The maximum absolute atomic E-state index is 3.39. The summed E-state index contributed by atoms with van der Waals surface area (Å²) in [5, 5.41) is 6.12. The second kappa shape index (κ2) is 3.23. The molecule has 0 bridgehead atoms. The molecule has 2 nitrogen and oxygen atoms in total. The molecule has 2 heteroatoms. The molecule has 0 aliphatic carbocycles. The van der Waals surface area contributed by atoms with Crippen LogP contribution in [-0.4, -0.2) is 26.2 Å². The van der Waals surface area contributed by atoms with Crippen LogP contribution in [0.25, 0.3) is 10.8 Å². The fourth-order valence-electron chi connectivity index (χ4n) is 3.12. The van der Waals surface area contributed by atoms with Crippen LogP contribution in [0.1, 0.15) is 0 Å². The predicted octanol–water partition coefficient (Wildman–Crippen LogP) is 2.25. The topological polar surface area (TPSA) is 15.3 Å². The van der Waals surface area contributed by atoms with Gasteiger partial charge in [0, 0.05) is 42.7 Å². The van der Waals surface area contributed by atoms with Gasteiger partial charge in [-0.05, 0) is 11.5 Å². The van der Waals surface area contributed by atoms with Crippen LogP contribution in [-0.2, 0) is 0 Å². The highest BCUT2D eigenvalue weighted by atomic mass is 15.3. The molecule has 0 saturated carbocycles. The highest BCUT2D eigenvalue weighted by Gasteiger charge is 2.47. The third-order valence-electron chi connectivity index (χ3n) is 4.16. The zero-order valence-electron chi connectivity index (χ0n) is 9.82. The third-order valence-corrected chi connectivity index (χ3v) is 4.16. The van der Waals surface area contributed by atoms with Crippen molar-refractivity contribution in [2.24, 2.45) is 5.41 Å². The van der Waals surface area contributed by atoms with Crippen molar-refractivity contribution in [2.75, 3.05) is 31.1 Å². The standard InChI is InChI=1S/C15H16N2/c1-2-6-13-12(4-1)5-3-7-14(13)17-10-15(11-17)8-16-9-15/h1-7,16H,8-11H2. The Morgan fingerprint density at radius 1 is 0.941 bits per heavy atom. The summed E-state index contributed by atoms with van der Waals surface area (Å²) in [7, 11) is 0. The van der Waals surface area contributed by atoms with Gasteiger partial charge in [0.1, 0.15) is 0 Å². The second-order valence-corrected chi connectivity index (χ2v) is 5.46. The molecule has 86 valence electrons. The molecule has 2 aliphatic heterocycles. The molecule has 2 aliphatic rings. The van der Waals surface area contributed by atoms with E-state index in [1.807, 2.05) is 0 Å². The van der Waals surface area contributed by atoms with Gasteiger partial charge in [0.15, 0.2) is 0 Å². The lowest BCUT2D eigenvalue weighted by Gasteiger charge is -2.57. The fraction of sp³-hybridized carbons (Fsp3) is 0.333. The van der Waals surface area contributed by atoms with Gasteiger partial charge in [-0.15, -0.1) is 0 Å². The van der Waals surface area contributed by atoms with Gasteiger partial charge in [0.25, 0.3) is 0 Å². The van der Waals surface area contributed by atoms with Crippen LogP contribution in [0.4, 0.5) is 5.69 Å². The van der Waals surface area contributed by atoms with Gasteiger partial charge in [-0.2, -0.15) is 0 Å². The summed E-state index contributed by atoms with van der Waals surface area (Å²) in [6.45, 7) is 4.84. The molecule has 2 saturated heterocycles. The fourth-order valence-corrected chi connectivity index (χ4v) is 3.12. The molecular weight excluding hydrogens is 208 g/mol. The van der Waals surface area contributed by atoms with Gasteiger partial charge in [0.05, 0.1) is 0 Å². The molecule has 2 fully saturated rings. The SMILES string of the molecule is c1ccc2c(N3CC4(CNC4)C3)cccc2c1. The average Bonchev–Trinajstić information content (AvgIpc) is 2.26. The number of anilines is 1. The summed E-state index contributed by atoms with van der Waals surface area (Å²) in [5.74, 6) is 0. The normalized spacial score (nSPS) is 21.3. The van der Waals surface area contributed by atoms with Crippen molar-refractivity contribution in [3.8, 4) is 0 Å². The van der Waals surface area contributed by atoms with Gasteiger partial charge in [-0.1, -0.05) is 36.4 Å². The predicted molar refractivity (Wildman–Crippen MR) is 71.5 cm³/mol. The van der Waals surface area contributed by atoms with E-state index >= 15 is 0 Å². The minimum absolute atomic E-state index is 0.594. The highest BCUT2D eigenvalue weighted by molar-refractivity contribution is 5.94. The van der Waals surface area contributed by atoms with Crippen molar-refractivity contribution >= 4 is 16.5 Å². The van der Waals surface area contributed by atoms with Crippen molar-refractivity contribution in [1.82, 2.24) is 5.32 Å². The monoisotopic (exact) mass is 224 g/mol. The van der Waals surface area contributed by atoms with E-state index in [0.29, 0.717) is 5.41 Å². The number of hydrogen-bond acceptors (Lipinski definition) is 2. The number of rotatable bonds is 1. The Kier molecular flexibility index (Phi) is 1.80. The van der Waals surface area contributed by atoms with Crippen molar-refractivity contribution in [3.63, 3.8) is 0 Å². The molecule has 0 aromatic heterocycles. The summed E-state index contributed by atoms with van der Waals surface area (Å²) in [6.07, 6.45) is 0. The van der Waals surface area contributed by atoms with Crippen molar-refractivity contribution in [1.29, 1.82) is 0 Å². The largest absolute Gasteiger partial charge is 0.370 e. The first-order valence-corrected chi connectivity index (χ1v) is 6.30. The van der Waals surface area contributed by atoms with E-state index in [4.69, 9.17) is 0 Å². The van der Waals surface area contributed by atoms with Crippen LogP contribution in [0, 0.1) is 5.41 Å². The van der Waals surface area contributed by atoms with Crippen LogP contribution >= 0.6 is 0 Å². The first-order chi connectivity index (χ1) is 8.36. The van der Waals surface area contributed by atoms with E-state index in [1.54, 1.807) is 0 Å². The van der Waals surface area contributed by atoms with Crippen LogP contribution in [0.5, 0.6) is 0 Å². The molecule has 0 atom stereocenters. The summed E-state index contributed by atoms with van der Waals surface area (Å²) < 4.78 is 0. The van der Waals surface area contributed by atoms with E-state index in [2.05, 4.69) is 52.7 Å². The molecule has 2 heterocycles. The summed E-state index contributed by atoms with van der Waals surface area (Å²) >= 11 is 0. The molecule has 2 aromatic carbocycles. The van der Waals surface area contributed by atoms with Crippen LogP contribution in [0.2, 0.25) is 0 Å². The van der Waals surface area contributed by atoms with E-state index in [1.165, 1.54) is 42.6 Å². The first kappa shape index (κ1) is 9.49. The molecule has 0 radical (unpaired) electrons. The zero-order valence-corrected chi connectivity index (χ0v) is 9.82. The summed E-state index contributed by atoms with van der Waals surface area (Å²) in [4.78, 5) is 2.52. The number of benzene rings is 2. The minimum Gasteiger partial charge on any atom is -0.370 e. The molecule has 4 rings (SSSR count). The van der Waals surface area contributed by atoms with Gasteiger partial charge in [-0.3, -0.25) is 0 Å².